The molecule has 1 aliphatic rings. The number of carboxylic acid groups (broad SMARTS) is 1. The van der Waals surface area contributed by atoms with Gasteiger partial charge in [0.15, 0.2) is 0 Å². The number of imide groups is 1. The Morgan fingerprint density at radius 1 is 1.35 bits per heavy atom. The Bertz CT molecular complexity index is 610. The molecule has 1 fully saturated rings. The monoisotopic (exact) mass is 324 g/mol. The van der Waals surface area contributed by atoms with Crippen molar-refractivity contribution in [2.45, 2.75) is 12.5 Å². The summed E-state index contributed by atoms with van der Waals surface area (Å²) in [6.07, 6.45) is -1.27. The number of para-hydroxylation sites is 1. The SMILES string of the molecule is O=C(CC1CNCCN1C(=O)O)NC(=O)Nc1ccccc1F. The highest BCUT2D eigenvalue weighted by Crippen LogP contribution is 2.12. The van der Waals surface area contributed by atoms with E-state index in [9.17, 15) is 18.8 Å². The number of hydrogen-bond donors (Lipinski definition) is 4. The number of anilines is 1. The molecule has 0 bridgehead atoms. The second-order valence-corrected chi connectivity index (χ2v) is 5.02. The predicted molar refractivity (Wildman–Crippen MR) is 79.6 cm³/mol. The van der Waals surface area contributed by atoms with Gasteiger partial charge in [0, 0.05) is 26.1 Å². The smallest absolute Gasteiger partial charge is 0.407 e. The summed E-state index contributed by atoms with van der Waals surface area (Å²) < 4.78 is 13.4. The van der Waals surface area contributed by atoms with E-state index in [0.29, 0.717) is 13.1 Å². The quantitative estimate of drug-likeness (QED) is 0.658. The van der Waals surface area contributed by atoms with Crippen molar-refractivity contribution in [3.63, 3.8) is 0 Å². The van der Waals surface area contributed by atoms with Crippen LogP contribution in [0.4, 0.5) is 19.7 Å². The predicted octanol–water partition coefficient (Wildman–Crippen LogP) is 0.816. The Hall–Kier alpha value is -2.68. The van der Waals surface area contributed by atoms with Crippen LogP contribution >= 0.6 is 0 Å². The highest BCUT2D eigenvalue weighted by molar-refractivity contribution is 6.01. The average molecular weight is 324 g/mol. The molecule has 1 atom stereocenters. The van der Waals surface area contributed by atoms with Gasteiger partial charge in [0.2, 0.25) is 5.91 Å². The molecule has 8 nitrogen and oxygen atoms in total. The van der Waals surface area contributed by atoms with Crippen molar-refractivity contribution < 1.29 is 23.9 Å². The van der Waals surface area contributed by atoms with Crippen molar-refractivity contribution in [2.75, 3.05) is 25.0 Å². The average Bonchev–Trinajstić information content (AvgIpc) is 2.49. The van der Waals surface area contributed by atoms with Gasteiger partial charge < -0.3 is 20.6 Å². The van der Waals surface area contributed by atoms with Crippen molar-refractivity contribution in [3.05, 3.63) is 30.1 Å². The normalized spacial score (nSPS) is 17.4. The minimum absolute atomic E-state index is 0.0516. The Kier molecular flexibility index (Phi) is 5.47. The third-order valence-electron chi connectivity index (χ3n) is 3.39. The van der Waals surface area contributed by atoms with Crippen LogP contribution in [0, 0.1) is 5.82 Å². The van der Waals surface area contributed by atoms with Gasteiger partial charge in [0.05, 0.1) is 11.7 Å². The first-order valence-electron chi connectivity index (χ1n) is 7.03. The minimum Gasteiger partial charge on any atom is -0.465 e. The second kappa shape index (κ2) is 7.54. The first kappa shape index (κ1) is 16.7. The number of hydrogen-bond acceptors (Lipinski definition) is 4. The lowest BCUT2D eigenvalue weighted by Gasteiger charge is -2.33. The van der Waals surface area contributed by atoms with Gasteiger partial charge in [-0.3, -0.25) is 10.1 Å². The molecule has 4 N–H and O–H groups in total. The van der Waals surface area contributed by atoms with Crippen LogP contribution in [-0.4, -0.2) is 53.7 Å². The van der Waals surface area contributed by atoms with Gasteiger partial charge in [-0.25, -0.2) is 14.0 Å². The molecular weight excluding hydrogens is 307 g/mol. The minimum atomic E-state index is -1.11. The zero-order chi connectivity index (χ0) is 16.8. The first-order chi connectivity index (χ1) is 11.0. The van der Waals surface area contributed by atoms with Crippen LogP contribution in [0.25, 0.3) is 0 Å². The van der Waals surface area contributed by atoms with Crippen molar-refractivity contribution in [3.8, 4) is 0 Å². The number of urea groups is 1. The molecule has 1 unspecified atom stereocenters. The number of nitrogens with zero attached hydrogens (tertiary/aromatic N) is 1. The third kappa shape index (κ3) is 4.65. The lowest BCUT2D eigenvalue weighted by Crippen LogP contribution is -2.54. The maximum Gasteiger partial charge on any atom is 0.407 e. The summed E-state index contributed by atoms with van der Waals surface area (Å²) >= 11 is 0. The topological polar surface area (TPSA) is 111 Å². The Morgan fingerprint density at radius 2 is 2.09 bits per heavy atom. The molecular formula is C14H17FN4O4. The Balaban J connectivity index is 1.87. The molecule has 23 heavy (non-hydrogen) atoms. The van der Waals surface area contributed by atoms with Crippen LogP contribution in [0.3, 0.4) is 0 Å². The van der Waals surface area contributed by atoms with Crippen molar-refractivity contribution >= 4 is 23.7 Å². The van der Waals surface area contributed by atoms with E-state index in [1.807, 2.05) is 0 Å². The molecule has 1 saturated heterocycles. The Labute approximate surface area is 131 Å². The van der Waals surface area contributed by atoms with Crippen LogP contribution in [0.2, 0.25) is 0 Å². The zero-order valence-electron chi connectivity index (χ0n) is 12.2. The van der Waals surface area contributed by atoms with Crippen molar-refractivity contribution in [1.82, 2.24) is 15.5 Å². The standard InChI is InChI=1S/C14H17FN4O4/c15-10-3-1-2-4-11(10)17-13(21)18-12(20)7-9-8-16-5-6-19(9)14(22)23/h1-4,9,16H,5-8H2,(H,22,23)(H2,17,18,20,21). The van der Waals surface area contributed by atoms with E-state index in [1.54, 1.807) is 6.07 Å². The largest absolute Gasteiger partial charge is 0.465 e. The number of piperazine rings is 1. The summed E-state index contributed by atoms with van der Waals surface area (Å²) in [5.74, 6) is -1.26. The second-order valence-electron chi connectivity index (χ2n) is 5.02. The number of benzene rings is 1. The third-order valence-corrected chi connectivity index (χ3v) is 3.39. The van der Waals surface area contributed by atoms with E-state index in [4.69, 9.17) is 5.11 Å². The summed E-state index contributed by atoms with van der Waals surface area (Å²) in [5.41, 5.74) is -0.0516. The first-order valence-corrected chi connectivity index (χ1v) is 7.03. The summed E-state index contributed by atoms with van der Waals surface area (Å²) in [6.45, 7) is 1.11. The molecule has 1 heterocycles. The Morgan fingerprint density at radius 3 is 2.78 bits per heavy atom. The maximum atomic E-state index is 13.4. The number of nitrogens with one attached hydrogen (secondary N) is 3. The number of carbonyl (C=O) groups is 3. The van der Waals surface area contributed by atoms with Crippen LogP contribution in [0.1, 0.15) is 6.42 Å². The highest BCUT2D eigenvalue weighted by atomic mass is 19.1. The van der Waals surface area contributed by atoms with E-state index in [2.05, 4.69) is 16.0 Å². The molecule has 0 spiro atoms. The molecule has 4 amide bonds. The molecule has 0 aliphatic carbocycles. The molecule has 1 aromatic carbocycles. The van der Waals surface area contributed by atoms with Gasteiger partial charge in [0.25, 0.3) is 0 Å². The molecule has 1 aromatic rings. The van der Waals surface area contributed by atoms with E-state index in [1.165, 1.54) is 18.2 Å². The summed E-state index contributed by atoms with van der Waals surface area (Å²) in [7, 11) is 0. The van der Waals surface area contributed by atoms with Gasteiger partial charge in [0.1, 0.15) is 5.82 Å². The van der Waals surface area contributed by atoms with Gasteiger partial charge in [-0.05, 0) is 12.1 Å². The maximum absolute atomic E-state index is 13.4. The van der Waals surface area contributed by atoms with Gasteiger partial charge in [-0.2, -0.15) is 0 Å². The zero-order valence-corrected chi connectivity index (χ0v) is 12.2. The van der Waals surface area contributed by atoms with Gasteiger partial charge >= 0.3 is 12.1 Å². The van der Waals surface area contributed by atoms with Crippen molar-refractivity contribution in [2.24, 2.45) is 0 Å². The number of carbonyl (C=O) groups excluding carboxylic acids is 2. The summed E-state index contributed by atoms with van der Waals surface area (Å²) in [4.78, 5) is 35.8. The molecule has 2 rings (SSSR count). The molecule has 124 valence electrons. The molecule has 0 aromatic heterocycles. The van der Waals surface area contributed by atoms with E-state index in [-0.39, 0.29) is 18.7 Å². The fourth-order valence-corrected chi connectivity index (χ4v) is 2.30. The van der Waals surface area contributed by atoms with Crippen molar-refractivity contribution in [1.29, 1.82) is 0 Å². The van der Waals surface area contributed by atoms with E-state index < -0.39 is 29.9 Å². The van der Waals surface area contributed by atoms with E-state index >= 15 is 0 Å². The lowest BCUT2D eigenvalue weighted by atomic mass is 10.1. The lowest BCUT2D eigenvalue weighted by molar-refractivity contribution is -0.121. The van der Waals surface area contributed by atoms with Gasteiger partial charge in [-0.15, -0.1) is 0 Å². The van der Waals surface area contributed by atoms with Crippen LogP contribution < -0.4 is 16.0 Å². The van der Waals surface area contributed by atoms with Crippen LogP contribution in [0.5, 0.6) is 0 Å². The fraction of sp³-hybridized carbons (Fsp3) is 0.357. The molecule has 9 heteroatoms. The molecule has 0 radical (unpaired) electrons. The highest BCUT2D eigenvalue weighted by Gasteiger charge is 2.28. The van der Waals surface area contributed by atoms with Gasteiger partial charge in [-0.1, -0.05) is 12.1 Å². The number of rotatable bonds is 3. The fourth-order valence-electron chi connectivity index (χ4n) is 2.30. The number of halogens is 1. The summed E-state index contributed by atoms with van der Waals surface area (Å²) in [5, 5.41) is 16.3. The van der Waals surface area contributed by atoms with E-state index in [0.717, 1.165) is 4.90 Å². The molecule has 0 saturated carbocycles. The molecule has 1 aliphatic heterocycles. The van der Waals surface area contributed by atoms with Crippen LogP contribution in [-0.2, 0) is 4.79 Å². The number of amides is 4. The summed E-state index contributed by atoms with van der Waals surface area (Å²) in [6, 6.07) is 4.12. The van der Waals surface area contributed by atoms with Crippen LogP contribution in [0.15, 0.2) is 24.3 Å².